The molecular weight excluding hydrogens is 298 g/mol. The van der Waals surface area contributed by atoms with Crippen molar-refractivity contribution >= 4 is 27.2 Å². The fourth-order valence-corrected chi connectivity index (χ4v) is 4.44. The molecule has 0 amide bonds. The number of anilines is 2. The molecule has 1 spiro atoms. The zero-order chi connectivity index (χ0) is 16.0. The average Bonchev–Trinajstić information content (AvgIpc) is 2.50. The van der Waals surface area contributed by atoms with Crippen LogP contribution in [0.1, 0.15) is 32.1 Å². The van der Waals surface area contributed by atoms with Crippen LogP contribution in [0.3, 0.4) is 0 Å². The van der Waals surface area contributed by atoms with Gasteiger partial charge in [0.1, 0.15) is 5.84 Å². The van der Waals surface area contributed by atoms with Gasteiger partial charge in [0.15, 0.2) is 0 Å². The van der Waals surface area contributed by atoms with Gasteiger partial charge in [-0.15, -0.1) is 4.40 Å². The van der Waals surface area contributed by atoms with Crippen LogP contribution in [0.4, 0.5) is 11.4 Å². The minimum atomic E-state index is -3.44. The predicted molar refractivity (Wildman–Crippen MR) is 91.3 cm³/mol. The van der Waals surface area contributed by atoms with Gasteiger partial charge in [0.05, 0.1) is 23.2 Å². The molecule has 1 aromatic rings. The smallest absolute Gasteiger partial charge is 0.251 e. The molecule has 0 aromatic heterocycles. The summed E-state index contributed by atoms with van der Waals surface area (Å²) in [5, 5.41) is 0. The predicted octanol–water partition coefficient (Wildman–Crippen LogP) is 2.63. The maximum absolute atomic E-state index is 11.9. The van der Waals surface area contributed by atoms with E-state index in [1.165, 1.54) is 12.7 Å². The second-order valence-corrected chi connectivity index (χ2v) is 8.00. The Morgan fingerprint density at radius 2 is 1.64 bits per heavy atom. The van der Waals surface area contributed by atoms with E-state index in [1.807, 2.05) is 30.1 Å². The maximum Gasteiger partial charge on any atom is 0.251 e. The third-order valence-corrected chi connectivity index (χ3v) is 5.42. The lowest BCUT2D eigenvalue weighted by atomic mass is 9.77. The highest BCUT2D eigenvalue weighted by Gasteiger charge is 2.47. The summed E-state index contributed by atoms with van der Waals surface area (Å²) in [6.45, 7) is 0. The summed E-state index contributed by atoms with van der Waals surface area (Å²) >= 11 is 0. The molecule has 6 heteroatoms. The standard InChI is InChI=1S/C16H23N3O2S/c1-18-13-9-5-6-10-14(13)19(2)16(11-7-4-8-12-16)15(18)17-22(3,20)21/h5-6,9-10H,4,7-8,11-12H2,1-3H3. The molecule has 0 N–H and O–H groups in total. The highest BCUT2D eigenvalue weighted by atomic mass is 32.2. The van der Waals surface area contributed by atoms with Gasteiger partial charge < -0.3 is 9.80 Å². The van der Waals surface area contributed by atoms with Gasteiger partial charge in [-0.25, -0.2) is 8.42 Å². The Balaban J connectivity index is 2.23. The molecule has 1 aliphatic heterocycles. The van der Waals surface area contributed by atoms with Crippen LogP contribution in [0.2, 0.25) is 0 Å². The Labute approximate surface area is 132 Å². The summed E-state index contributed by atoms with van der Waals surface area (Å²) in [5.74, 6) is 0.663. The first-order chi connectivity index (χ1) is 10.4. The molecular formula is C16H23N3O2S. The van der Waals surface area contributed by atoms with Crippen molar-refractivity contribution in [3.8, 4) is 0 Å². The molecule has 1 saturated carbocycles. The van der Waals surface area contributed by atoms with Crippen molar-refractivity contribution in [2.24, 2.45) is 4.40 Å². The molecule has 5 nitrogen and oxygen atoms in total. The lowest BCUT2D eigenvalue weighted by molar-refractivity contribution is 0.361. The Bertz CT molecular complexity index is 706. The van der Waals surface area contributed by atoms with Crippen molar-refractivity contribution in [1.82, 2.24) is 0 Å². The zero-order valence-electron chi connectivity index (χ0n) is 13.4. The molecule has 0 unspecified atom stereocenters. The number of fused-ring (bicyclic) bond motifs is 1. The minimum Gasteiger partial charge on any atom is -0.360 e. The van der Waals surface area contributed by atoms with Crippen molar-refractivity contribution in [3.63, 3.8) is 0 Å². The first kappa shape index (κ1) is 15.3. The Kier molecular flexibility index (Phi) is 3.67. The van der Waals surface area contributed by atoms with Crippen molar-refractivity contribution < 1.29 is 8.42 Å². The van der Waals surface area contributed by atoms with Gasteiger partial charge in [-0.05, 0) is 25.0 Å². The Morgan fingerprint density at radius 3 is 2.23 bits per heavy atom. The minimum absolute atomic E-state index is 0.315. The molecule has 0 atom stereocenters. The molecule has 0 saturated heterocycles. The zero-order valence-corrected chi connectivity index (χ0v) is 14.2. The highest BCUT2D eigenvalue weighted by molar-refractivity contribution is 7.89. The lowest BCUT2D eigenvalue weighted by Gasteiger charge is -2.52. The summed E-state index contributed by atoms with van der Waals surface area (Å²) in [4.78, 5) is 4.20. The second kappa shape index (κ2) is 5.26. The van der Waals surface area contributed by atoms with Crippen LogP contribution in [0.25, 0.3) is 0 Å². The molecule has 3 rings (SSSR count). The first-order valence-electron chi connectivity index (χ1n) is 7.72. The average molecular weight is 321 g/mol. The summed E-state index contributed by atoms with van der Waals surface area (Å²) in [6.07, 6.45) is 6.46. The number of likely N-dealkylation sites (N-methyl/N-ethyl adjacent to an activating group) is 2. The number of nitrogens with zero attached hydrogens (tertiary/aromatic N) is 3. The van der Waals surface area contributed by atoms with Gasteiger partial charge in [0.25, 0.3) is 10.0 Å². The summed E-state index contributed by atoms with van der Waals surface area (Å²) in [6, 6.07) is 8.11. The van der Waals surface area contributed by atoms with E-state index in [1.54, 1.807) is 0 Å². The van der Waals surface area contributed by atoms with Gasteiger partial charge in [-0.1, -0.05) is 31.4 Å². The number of sulfonamides is 1. The van der Waals surface area contributed by atoms with E-state index in [9.17, 15) is 8.42 Å². The van der Waals surface area contributed by atoms with E-state index in [4.69, 9.17) is 0 Å². The van der Waals surface area contributed by atoms with E-state index in [2.05, 4.69) is 22.4 Å². The largest absolute Gasteiger partial charge is 0.360 e. The SMILES string of the molecule is CN1C(=NS(C)(=O)=O)C2(CCCCC2)N(C)c2ccccc21. The van der Waals surface area contributed by atoms with Crippen molar-refractivity contribution in [2.45, 2.75) is 37.6 Å². The number of para-hydroxylation sites is 2. The number of hydrogen-bond acceptors (Lipinski definition) is 3. The molecule has 1 aliphatic carbocycles. The summed E-state index contributed by atoms with van der Waals surface area (Å²) in [5.41, 5.74) is 1.83. The highest BCUT2D eigenvalue weighted by Crippen LogP contribution is 2.45. The topological polar surface area (TPSA) is 53.0 Å². The molecule has 120 valence electrons. The molecule has 1 heterocycles. The lowest BCUT2D eigenvalue weighted by Crippen LogP contribution is -2.62. The van der Waals surface area contributed by atoms with Crippen LogP contribution in [-0.2, 0) is 10.0 Å². The van der Waals surface area contributed by atoms with Gasteiger partial charge in [0, 0.05) is 14.1 Å². The van der Waals surface area contributed by atoms with Crippen molar-refractivity contribution in [1.29, 1.82) is 0 Å². The van der Waals surface area contributed by atoms with E-state index in [0.29, 0.717) is 5.84 Å². The summed E-state index contributed by atoms with van der Waals surface area (Å²) < 4.78 is 27.9. The van der Waals surface area contributed by atoms with E-state index in [-0.39, 0.29) is 5.54 Å². The van der Waals surface area contributed by atoms with Crippen LogP contribution in [0.5, 0.6) is 0 Å². The van der Waals surface area contributed by atoms with E-state index >= 15 is 0 Å². The molecule has 1 aromatic carbocycles. The Morgan fingerprint density at radius 1 is 1.05 bits per heavy atom. The maximum atomic E-state index is 11.9. The fourth-order valence-electron chi connectivity index (χ4n) is 3.84. The third-order valence-electron chi connectivity index (χ3n) is 4.91. The van der Waals surface area contributed by atoms with Gasteiger partial charge in [0.2, 0.25) is 0 Å². The van der Waals surface area contributed by atoms with Crippen LogP contribution >= 0.6 is 0 Å². The normalized spacial score (nSPS) is 23.0. The first-order valence-corrected chi connectivity index (χ1v) is 9.57. The van der Waals surface area contributed by atoms with Crippen LogP contribution in [0.15, 0.2) is 28.7 Å². The van der Waals surface area contributed by atoms with Gasteiger partial charge in [-0.2, -0.15) is 0 Å². The number of amidine groups is 1. The van der Waals surface area contributed by atoms with Gasteiger partial charge >= 0.3 is 0 Å². The molecule has 1 fully saturated rings. The third kappa shape index (κ3) is 2.39. The van der Waals surface area contributed by atoms with Gasteiger partial charge in [-0.3, -0.25) is 0 Å². The number of hydrogen-bond donors (Lipinski definition) is 0. The quantitative estimate of drug-likeness (QED) is 0.798. The second-order valence-electron chi connectivity index (χ2n) is 6.35. The Hall–Kier alpha value is -1.56. The number of benzene rings is 1. The fraction of sp³-hybridized carbons (Fsp3) is 0.562. The molecule has 22 heavy (non-hydrogen) atoms. The van der Waals surface area contributed by atoms with E-state index < -0.39 is 10.0 Å². The van der Waals surface area contributed by atoms with Crippen LogP contribution in [-0.4, -0.2) is 40.1 Å². The van der Waals surface area contributed by atoms with Crippen molar-refractivity contribution in [3.05, 3.63) is 24.3 Å². The monoisotopic (exact) mass is 321 g/mol. The van der Waals surface area contributed by atoms with Crippen LogP contribution in [0, 0.1) is 0 Å². The molecule has 2 aliphatic rings. The molecule has 0 bridgehead atoms. The summed E-state index contributed by atoms with van der Waals surface area (Å²) in [7, 11) is 0.549. The molecule has 0 radical (unpaired) electrons. The van der Waals surface area contributed by atoms with E-state index in [0.717, 1.165) is 37.1 Å². The number of rotatable bonds is 1. The van der Waals surface area contributed by atoms with Crippen molar-refractivity contribution in [2.75, 3.05) is 30.2 Å². The van der Waals surface area contributed by atoms with Crippen LogP contribution < -0.4 is 9.80 Å².